The molecule has 0 aromatic carbocycles. The van der Waals surface area contributed by atoms with E-state index in [4.69, 9.17) is 16.7 Å². The van der Waals surface area contributed by atoms with Gasteiger partial charge in [-0.2, -0.15) is 0 Å². The molecule has 4 heteroatoms. The lowest BCUT2D eigenvalue weighted by Gasteiger charge is -2.21. The zero-order chi connectivity index (χ0) is 11.3. The second-order valence-electron chi connectivity index (χ2n) is 3.77. The number of rotatable bonds is 5. The van der Waals surface area contributed by atoms with E-state index < -0.39 is 0 Å². The van der Waals surface area contributed by atoms with Crippen molar-refractivity contribution < 1.29 is 5.11 Å². The molecule has 0 saturated carbocycles. The fourth-order valence-corrected chi connectivity index (χ4v) is 1.77. The molecular weight excluding hydrogens is 212 g/mol. The summed E-state index contributed by atoms with van der Waals surface area (Å²) >= 11 is 6.01. The second kappa shape index (κ2) is 6.05. The first-order chi connectivity index (χ1) is 7.15. The van der Waals surface area contributed by atoms with Gasteiger partial charge in [-0.25, -0.2) is 4.98 Å². The predicted molar refractivity (Wildman–Crippen MR) is 62.0 cm³/mol. The van der Waals surface area contributed by atoms with E-state index in [0.29, 0.717) is 17.6 Å². The average molecular weight is 229 g/mol. The number of nitrogens with one attached hydrogen (secondary N) is 1. The summed E-state index contributed by atoms with van der Waals surface area (Å²) in [5.41, 5.74) is 0.946. The van der Waals surface area contributed by atoms with Gasteiger partial charge in [0.25, 0.3) is 0 Å². The Hall–Kier alpha value is -0.640. The van der Waals surface area contributed by atoms with Crippen molar-refractivity contribution in [3.63, 3.8) is 0 Å². The maximum Gasteiger partial charge on any atom is 0.133 e. The van der Waals surface area contributed by atoms with E-state index in [1.807, 2.05) is 12.1 Å². The van der Waals surface area contributed by atoms with E-state index in [1.54, 1.807) is 6.20 Å². The van der Waals surface area contributed by atoms with Gasteiger partial charge in [-0.05, 0) is 12.5 Å². The van der Waals surface area contributed by atoms with Crippen LogP contribution in [0.15, 0.2) is 18.3 Å². The van der Waals surface area contributed by atoms with Crippen molar-refractivity contribution in [1.82, 2.24) is 10.3 Å². The van der Waals surface area contributed by atoms with E-state index in [0.717, 1.165) is 5.56 Å². The fourth-order valence-electron chi connectivity index (χ4n) is 1.52. The maximum absolute atomic E-state index is 9.00. The minimum absolute atomic E-state index is 0.0659. The monoisotopic (exact) mass is 228 g/mol. The van der Waals surface area contributed by atoms with Crippen LogP contribution in [0.1, 0.15) is 31.9 Å². The van der Waals surface area contributed by atoms with Crippen LogP contribution in [0.3, 0.4) is 0 Å². The van der Waals surface area contributed by atoms with Gasteiger partial charge in [0.05, 0.1) is 0 Å². The van der Waals surface area contributed by atoms with E-state index in [2.05, 4.69) is 24.1 Å². The molecule has 1 aromatic rings. The highest BCUT2D eigenvalue weighted by Crippen LogP contribution is 2.23. The number of hydrogen-bond donors (Lipinski definition) is 2. The lowest BCUT2D eigenvalue weighted by atomic mass is 10.1. The molecule has 0 aliphatic heterocycles. The Morgan fingerprint density at radius 2 is 2.27 bits per heavy atom. The molecule has 0 radical (unpaired) electrons. The standard InChI is InChI=1S/C11H17ClN2O/c1-8(2)14-10(5-7-15)9-4-3-6-13-11(9)12/h3-4,6,8,10,14-15H,5,7H2,1-2H3/t10-/m1/s1. The summed E-state index contributed by atoms with van der Waals surface area (Å²) in [7, 11) is 0. The Labute approximate surface area is 95.5 Å². The van der Waals surface area contributed by atoms with E-state index in [9.17, 15) is 0 Å². The zero-order valence-corrected chi connectivity index (χ0v) is 9.83. The second-order valence-corrected chi connectivity index (χ2v) is 4.13. The lowest BCUT2D eigenvalue weighted by molar-refractivity contribution is 0.261. The summed E-state index contributed by atoms with van der Waals surface area (Å²) in [6.45, 7) is 4.26. The number of aromatic nitrogens is 1. The molecule has 1 heterocycles. The van der Waals surface area contributed by atoms with Gasteiger partial charge in [0.2, 0.25) is 0 Å². The number of aliphatic hydroxyl groups is 1. The summed E-state index contributed by atoms with van der Waals surface area (Å²) in [6.07, 6.45) is 2.31. The average Bonchev–Trinajstić information content (AvgIpc) is 2.17. The zero-order valence-electron chi connectivity index (χ0n) is 9.07. The highest BCUT2D eigenvalue weighted by atomic mass is 35.5. The Morgan fingerprint density at radius 1 is 1.53 bits per heavy atom. The minimum Gasteiger partial charge on any atom is -0.396 e. The maximum atomic E-state index is 9.00. The van der Waals surface area contributed by atoms with Gasteiger partial charge in [-0.15, -0.1) is 0 Å². The lowest BCUT2D eigenvalue weighted by Crippen LogP contribution is -2.29. The molecule has 1 rings (SSSR count). The van der Waals surface area contributed by atoms with Crippen LogP contribution in [0, 0.1) is 0 Å². The van der Waals surface area contributed by atoms with Gasteiger partial charge in [-0.3, -0.25) is 0 Å². The summed E-state index contributed by atoms with van der Waals surface area (Å²) in [4.78, 5) is 4.03. The van der Waals surface area contributed by atoms with Crippen molar-refractivity contribution >= 4 is 11.6 Å². The molecule has 2 N–H and O–H groups in total. The van der Waals surface area contributed by atoms with Gasteiger partial charge in [0, 0.05) is 30.5 Å². The summed E-state index contributed by atoms with van der Waals surface area (Å²) in [5.74, 6) is 0. The largest absolute Gasteiger partial charge is 0.396 e. The summed E-state index contributed by atoms with van der Waals surface area (Å²) in [5, 5.41) is 12.9. The Balaban J connectivity index is 2.83. The van der Waals surface area contributed by atoms with Gasteiger partial charge >= 0.3 is 0 Å². The third-order valence-corrected chi connectivity index (χ3v) is 2.43. The molecule has 1 aromatic heterocycles. The Bertz CT molecular complexity index is 304. The molecule has 0 unspecified atom stereocenters. The van der Waals surface area contributed by atoms with Crippen LogP contribution >= 0.6 is 11.6 Å². The van der Waals surface area contributed by atoms with Crippen LogP contribution in [0.5, 0.6) is 0 Å². The number of nitrogens with zero attached hydrogens (tertiary/aromatic N) is 1. The topological polar surface area (TPSA) is 45.1 Å². The number of hydrogen-bond acceptors (Lipinski definition) is 3. The third-order valence-electron chi connectivity index (χ3n) is 2.12. The molecule has 0 saturated heterocycles. The van der Waals surface area contributed by atoms with Crippen LogP contribution in [-0.2, 0) is 0 Å². The van der Waals surface area contributed by atoms with E-state index >= 15 is 0 Å². The first-order valence-electron chi connectivity index (χ1n) is 5.12. The Kier molecular flexibility index (Phi) is 5.02. The van der Waals surface area contributed by atoms with E-state index in [1.165, 1.54) is 0 Å². The molecule has 0 fully saturated rings. The molecule has 0 spiro atoms. The van der Waals surface area contributed by atoms with Gasteiger partial charge in [0.1, 0.15) is 5.15 Å². The van der Waals surface area contributed by atoms with Crippen molar-refractivity contribution in [3.05, 3.63) is 29.0 Å². The van der Waals surface area contributed by atoms with Crippen molar-refractivity contribution in [3.8, 4) is 0 Å². The molecule has 3 nitrogen and oxygen atoms in total. The van der Waals surface area contributed by atoms with Crippen molar-refractivity contribution in [2.45, 2.75) is 32.4 Å². The highest BCUT2D eigenvalue weighted by Gasteiger charge is 2.15. The normalized spacial score (nSPS) is 13.1. The van der Waals surface area contributed by atoms with Gasteiger partial charge in [0.15, 0.2) is 0 Å². The first kappa shape index (κ1) is 12.4. The Morgan fingerprint density at radius 3 is 2.80 bits per heavy atom. The van der Waals surface area contributed by atoms with Crippen molar-refractivity contribution in [2.24, 2.45) is 0 Å². The number of halogens is 1. The number of pyridine rings is 1. The smallest absolute Gasteiger partial charge is 0.133 e. The van der Waals surface area contributed by atoms with Crippen LogP contribution in [0.25, 0.3) is 0 Å². The summed E-state index contributed by atoms with van der Waals surface area (Å²) < 4.78 is 0. The first-order valence-corrected chi connectivity index (χ1v) is 5.50. The third kappa shape index (κ3) is 3.78. The highest BCUT2D eigenvalue weighted by molar-refractivity contribution is 6.30. The van der Waals surface area contributed by atoms with Crippen molar-refractivity contribution in [2.75, 3.05) is 6.61 Å². The minimum atomic E-state index is 0.0659. The van der Waals surface area contributed by atoms with Crippen LogP contribution in [0.4, 0.5) is 0 Å². The molecular formula is C11H17ClN2O. The van der Waals surface area contributed by atoms with Gasteiger partial charge < -0.3 is 10.4 Å². The molecule has 0 aliphatic rings. The summed E-state index contributed by atoms with van der Waals surface area (Å²) in [6, 6.07) is 4.20. The van der Waals surface area contributed by atoms with Crippen LogP contribution in [0.2, 0.25) is 5.15 Å². The molecule has 0 bridgehead atoms. The number of aliphatic hydroxyl groups excluding tert-OH is 1. The molecule has 0 amide bonds. The quantitative estimate of drug-likeness (QED) is 0.760. The van der Waals surface area contributed by atoms with Crippen LogP contribution < -0.4 is 5.32 Å². The molecule has 1 atom stereocenters. The SMILES string of the molecule is CC(C)N[C@H](CCO)c1cccnc1Cl. The molecule has 84 valence electrons. The van der Waals surface area contributed by atoms with Gasteiger partial charge in [-0.1, -0.05) is 31.5 Å². The predicted octanol–water partition coefficient (Wildman–Crippen LogP) is 2.16. The van der Waals surface area contributed by atoms with Crippen molar-refractivity contribution in [1.29, 1.82) is 0 Å². The van der Waals surface area contributed by atoms with E-state index in [-0.39, 0.29) is 12.6 Å². The molecule has 0 aliphatic carbocycles. The van der Waals surface area contributed by atoms with Crippen LogP contribution in [-0.4, -0.2) is 22.7 Å². The molecule has 15 heavy (non-hydrogen) atoms. The fraction of sp³-hybridized carbons (Fsp3) is 0.545.